The van der Waals surface area contributed by atoms with Crippen LogP contribution in [0.15, 0.2) is 71.6 Å². The maximum atomic E-state index is 13.1. The largest absolute Gasteiger partial charge is 0.490 e. The van der Waals surface area contributed by atoms with Gasteiger partial charge >= 0.3 is 12.1 Å². The van der Waals surface area contributed by atoms with Crippen LogP contribution in [0.3, 0.4) is 0 Å². The summed E-state index contributed by atoms with van der Waals surface area (Å²) in [6.07, 6.45) is -0.949. The molecule has 3 N–H and O–H groups in total. The Hall–Kier alpha value is -3.97. The van der Waals surface area contributed by atoms with Crippen LogP contribution in [-0.2, 0) is 14.8 Å². The number of aromatic nitrogens is 2. The molecule has 0 radical (unpaired) electrons. The summed E-state index contributed by atoms with van der Waals surface area (Å²) >= 11 is 0. The molecule has 1 heterocycles. The minimum absolute atomic E-state index is 0.349. The molecule has 0 aliphatic heterocycles. The van der Waals surface area contributed by atoms with Gasteiger partial charge in [0.1, 0.15) is 5.82 Å². The van der Waals surface area contributed by atoms with Gasteiger partial charge in [0.15, 0.2) is 0 Å². The Morgan fingerprint density at radius 3 is 2.04 bits per heavy atom. The number of rotatable bonds is 10. The van der Waals surface area contributed by atoms with Crippen molar-refractivity contribution in [3.8, 4) is 0 Å². The molecule has 0 amide bonds. The quantitative estimate of drug-likeness (QED) is 0.180. The van der Waals surface area contributed by atoms with Crippen molar-refractivity contribution in [1.82, 2.24) is 14.7 Å². The van der Waals surface area contributed by atoms with Crippen molar-refractivity contribution >= 4 is 49.4 Å². The van der Waals surface area contributed by atoms with Crippen LogP contribution in [0.2, 0.25) is 0 Å². The second-order valence-electron chi connectivity index (χ2n) is 11.0. The molecule has 4 aromatic rings. The van der Waals surface area contributed by atoms with E-state index >= 15 is 0 Å². The van der Waals surface area contributed by atoms with Gasteiger partial charge in [0.25, 0.3) is 0 Å². The van der Waals surface area contributed by atoms with Gasteiger partial charge in [0.05, 0.1) is 10.4 Å². The minimum Gasteiger partial charge on any atom is -0.475 e. The topological polar surface area (TPSA) is 125 Å². The molecule has 1 fully saturated rings. The zero-order chi connectivity index (χ0) is 32.6. The van der Waals surface area contributed by atoms with E-state index in [1.54, 1.807) is 12.1 Å². The van der Waals surface area contributed by atoms with Gasteiger partial charge in [-0.25, -0.2) is 22.9 Å². The number of aliphatic carboxylic acids is 1. The molecule has 0 atom stereocenters. The summed E-state index contributed by atoms with van der Waals surface area (Å²) < 4.78 is 60.8. The second-order valence-corrected chi connectivity index (χ2v) is 12.7. The van der Waals surface area contributed by atoms with Crippen LogP contribution in [0, 0.1) is 11.8 Å². The zero-order valence-electron chi connectivity index (χ0n) is 25.2. The molecule has 0 spiro atoms. The van der Waals surface area contributed by atoms with Crippen molar-refractivity contribution < 1.29 is 31.5 Å². The monoisotopic (exact) mass is 645 g/mol. The number of carboxylic acid groups (broad SMARTS) is 1. The third kappa shape index (κ3) is 8.82. The fourth-order valence-corrected chi connectivity index (χ4v) is 6.86. The molecule has 1 aromatic heterocycles. The summed E-state index contributed by atoms with van der Waals surface area (Å²) in [5.74, 6) is -0.233. The maximum Gasteiger partial charge on any atom is 0.490 e. The zero-order valence-corrected chi connectivity index (χ0v) is 26.0. The van der Waals surface area contributed by atoms with Gasteiger partial charge in [-0.15, -0.1) is 0 Å². The number of carboxylic acids is 1. The Bertz CT molecular complexity index is 1700. The first-order valence-electron chi connectivity index (χ1n) is 15.0. The van der Waals surface area contributed by atoms with Gasteiger partial charge in [-0.05, 0) is 75.0 Å². The summed E-state index contributed by atoms with van der Waals surface area (Å²) in [5, 5.41) is 13.4. The number of benzene rings is 3. The van der Waals surface area contributed by atoms with E-state index in [2.05, 4.69) is 34.9 Å². The Kier molecular flexibility index (Phi) is 11.2. The fraction of sp³-hybridized carbons (Fsp3) is 0.406. The molecule has 1 aliphatic carbocycles. The van der Waals surface area contributed by atoms with E-state index in [1.807, 2.05) is 48.5 Å². The van der Waals surface area contributed by atoms with Crippen molar-refractivity contribution in [3.05, 3.63) is 66.7 Å². The van der Waals surface area contributed by atoms with E-state index in [0.717, 1.165) is 72.8 Å². The average molecular weight is 646 g/mol. The number of sulfonamides is 1. The van der Waals surface area contributed by atoms with Gasteiger partial charge in [0.2, 0.25) is 16.0 Å². The van der Waals surface area contributed by atoms with Gasteiger partial charge in [-0.2, -0.15) is 18.2 Å². The van der Waals surface area contributed by atoms with Gasteiger partial charge in [-0.1, -0.05) is 48.5 Å². The lowest BCUT2D eigenvalue weighted by Gasteiger charge is -2.29. The standard InChI is InChI=1S/C30H37N5O2S.C2HF3O2/c1-3-35(4-2)29-26-13-7-8-14-27(26)33-30(34-29)31-20-22-16-18-23(19-17-22)21-32-38(36,37)28-15-9-11-24-10-5-6-12-25(24)28;3-2(4,5)1(6)7/h5-15,22-23,32H,3-4,16-21H2,1-2H3,(H,31,33,34);(H,6,7). The second kappa shape index (κ2) is 14.9. The number of alkyl halides is 3. The van der Waals surface area contributed by atoms with Gasteiger partial charge < -0.3 is 15.3 Å². The van der Waals surface area contributed by atoms with Gasteiger partial charge in [-0.3, -0.25) is 0 Å². The van der Waals surface area contributed by atoms with Crippen molar-refractivity contribution in [3.63, 3.8) is 0 Å². The smallest absolute Gasteiger partial charge is 0.475 e. The molecule has 0 unspecified atom stereocenters. The number of para-hydroxylation sites is 1. The highest BCUT2D eigenvalue weighted by atomic mass is 32.2. The number of hydrogen-bond donors (Lipinski definition) is 3. The molecule has 45 heavy (non-hydrogen) atoms. The SMILES string of the molecule is CCN(CC)c1nc(NCC2CCC(CNS(=O)(=O)c3cccc4ccccc34)CC2)nc2ccccc12.O=C(O)C(F)(F)F. The van der Waals surface area contributed by atoms with Crippen molar-refractivity contribution in [2.45, 2.75) is 50.6 Å². The highest BCUT2D eigenvalue weighted by Gasteiger charge is 2.38. The van der Waals surface area contributed by atoms with Crippen LogP contribution < -0.4 is 14.9 Å². The maximum absolute atomic E-state index is 13.1. The number of carbonyl (C=O) groups is 1. The molecule has 1 saturated carbocycles. The normalized spacial score (nSPS) is 17.0. The van der Waals surface area contributed by atoms with E-state index in [9.17, 15) is 21.6 Å². The number of nitrogens with one attached hydrogen (secondary N) is 2. The third-order valence-corrected chi connectivity index (χ3v) is 9.49. The van der Waals surface area contributed by atoms with Crippen LogP contribution in [0.25, 0.3) is 21.7 Å². The van der Waals surface area contributed by atoms with Crippen LogP contribution in [0.5, 0.6) is 0 Å². The molecule has 9 nitrogen and oxygen atoms in total. The summed E-state index contributed by atoms with van der Waals surface area (Å²) in [6, 6.07) is 21.2. The fourth-order valence-electron chi connectivity index (χ4n) is 5.51. The molecule has 13 heteroatoms. The van der Waals surface area contributed by atoms with E-state index in [4.69, 9.17) is 19.9 Å². The predicted molar refractivity (Wildman–Crippen MR) is 170 cm³/mol. The number of halogens is 3. The molecule has 3 aromatic carbocycles. The lowest BCUT2D eigenvalue weighted by atomic mass is 9.82. The Labute approximate surface area is 260 Å². The number of fused-ring (bicyclic) bond motifs is 2. The Balaban J connectivity index is 0.000000591. The highest BCUT2D eigenvalue weighted by Crippen LogP contribution is 2.30. The minimum atomic E-state index is -5.08. The average Bonchev–Trinajstić information content (AvgIpc) is 3.03. The highest BCUT2D eigenvalue weighted by molar-refractivity contribution is 7.89. The van der Waals surface area contributed by atoms with Crippen LogP contribution in [-0.4, -0.2) is 61.8 Å². The molecule has 0 saturated heterocycles. The van der Waals surface area contributed by atoms with E-state index < -0.39 is 22.2 Å². The number of nitrogens with zero attached hydrogens (tertiary/aromatic N) is 3. The van der Waals surface area contributed by atoms with Crippen LogP contribution in [0.4, 0.5) is 24.9 Å². The molecular weight excluding hydrogens is 607 g/mol. The number of anilines is 2. The Morgan fingerprint density at radius 1 is 0.867 bits per heavy atom. The summed E-state index contributed by atoms with van der Waals surface area (Å²) in [5.41, 5.74) is 0.953. The summed E-state index contributed by atoms with van der Waals surface area (Å²) in [6.45, 7) is 7.38. The molecular formula is C32H38F3N5O4S. The lowest BCUT2D eigenvalue weighted by molar-refractivity contribution is -0.192. The first-order valence-corrected chi connectivity index (χ1v) is 16.4. The predicted octanol–water partition coefficient (Wildman–Crippen LogP) is 6.46. The Morgan fingerprint density at radius 2 is 1.42 bits per heavy atom. The van der Waals surface area contributed by atoms with E-state index in [-0.39, 0.29) is 0 Å². The molecule has 0 bridgehead atoms. The lowest BCUT2D eigenvalue weighted by Crippen LogP contribution is -2.32. The van der Waals surface area contributed by atoms with Crippen molar-refractivity contribution in [2.24, 2.45) is 11.8 Å². The summed E-state index contributed by atoms with van der Waals surface area (Å²) in [7, 11) is -3.56. The molecule has 1 aliphatic rings. The third-order valence-electron chi connectivity index (χ3n) is 8.00. The number of hydrogen-bond acceptors (Lipinski definition) is 7. The van der Waals surface area contributed by atoms with Crippen LogP contribution >= 0.6 is 0 Å². The van der Waals surface area contributed by atoms with Crippen molar-refractivity contribution in [1.29, 1.82) is 0 Å². The first kappa shape index (κ1) is 33.9. The first-order chi connectivity index (χ1) is 21.4. The van der Waals surface area contributed by atoms with Crippen LogP contribution in [0.1, 0.15) is 39.5 Å². The molecule has 5 rings (SSSR count). The van der Waals surface area contributed by atoms with E-state index in [0.29, 0.717) is 29.2 Å². The van der Waals surface area contributed by atoms with Crippen molar-refractivity contribution in [2.75, 3.05) is 36.4 Å². The van der Waals surface area contributed by atoms with E-state index in [1.165, 1.54) is 0 Å². The molecule has 242 valence electrons. The van der Waals surface area contributed by atoms with Gasteiger partial charge in [0, 0.05) is 37.0 Å². The summed E-state index contributed by atoms with van der Waals surface area (Å²) in [4.78, 5) is 21.2.